The monoisotopic (exact) mass is 467 g/mol. The third-order valence-corrected chi connectivity index (χ3v) is 5.17. The number of carbonyl (C=O) groups is 2. The van der Waals surface area contributed by atoms with Crippen molar-refractivity contribution in [2.75, 3.05) is 12.4 Å². The van der Waals surface area contributed by atoms with Crippen molar-refractivity contribution in [3.05, 3.63) is 95.9 Å². The van der Waals surface area contributed by atoms with E-state index in [1.165, 1.54) is 12.1 Å². The van der Waals surface area contributed by atoms with Gasteiger partial charge >= 0.3 is 6.18 Å². The van der Waals surface area contributed by atoms with Crippen molar-refractivity contribution in [1.29, 1.82) is 0 Å². The van der Waals surface area contributed by atoms with Gasteiger partial charge < -0.3 is 20.7 Å². The molecule has 1 aliphatic heterocycles. The van der Waals surface area contributed by atoms with E-state index in [0.717, 1.165) is 17.5 Å². The van der Waals surface area contributed by atoms with Crippen molar-refractivity contribution in [2.45, 2.75) is 12.2 Å². The number of dihydropyridines is 1. The molecule has 34 heavy (non-hydrogen) atoms. The molecule has 0 aliphatic carbocycles. The van der Waals surface area contributed by atoms with Crippen molar-refractivity contribution in [3.63, 3.8) is 0 Å². The van der Waals surface area contributed by atoms with Crippen molar-refractivity contribution in [1.82, 2.24) is 10.6 Å². The van der Waals surface area contributed by atoms with Gasteiger partial charge in [-0.2, -0.15) is 13.2 Å². The summed E-state index contributed by atoms with van der Waals surface area (Å²) < 4.78 is 44.8. The second kappa shape index (κ2) is 9.30. The molecule has 0 fully saturated rings. The third-order valence-electron chi connectivity index (χ3n) is 5.17. The standard InChI is InChI=1S/C25H20F3N3O3/c1-29-24(33)22-14-19(10-11-30-22)34-18-8-9-20-15(13-18)4-3-7-21(20)31-23(32)16-5-2-6-17(12-16)25(26,27)28/h2-14,22,30H,1H3,(H,29,33)(H,31,32). The Kier molecular flexibility index (Phi) is 6.27. The van der Waals surface area contributed by atoms with Gasteiger partial charge in [0.15, 0.2) is 0 Å². The summed E-state index contributed by atoms with van der Waals surface area (Å²) in [6, 6.07) is 14.1. The minimum absolute atomic E-state index is 0.0953. The van der Waals surface area contributed by atoms with E-state index < -0.39 is 23.7 Å². The zero-order valence-corrected chi connectivity index (χ0v) is 17.9. The molecule has 0 radical (unpaired) electrons. The summed E-state index contributed by atoms with van der Waals surface area (Å²) >= 11 is 0. The Morgan fingerprint density at radius 3 is 2.59 bits per heavy atom. The number of fused-ring (bicyclic) bond motifs is 1. The topological polar surface area (TPSA) is 79.5 Å². The number of amides is 2. The molecule has 3 aromatic rings. The summed E-state index contributed by atoms with van der Waals surface area (Å²) in [6.45, 7) is 0. The lowest BCUT2D eigenvalue weighted by Gasteiger charge is -2.18. The lowest BCUT2D eigenvalue weighted by atomic mass is 10.1. The summed E-state index contributed by atoms with van der Waals surface area (Å²) in [4.78, 5) is 24.5. The Bertz CT molecular complexity index is 1320. The second-order valence-electron chi connectivity index (χ2n) is 7.48. The van der Waals surface area contributed by atoms with Gasteiger partial charge in [0, 0.05) is 29.9 Å². The molecular weight excluding hydrogens is 447 g/mol. The number of nitrogens with one attached hydrogen (secondary N) is 3. The molecule has 0 saturated carbocycles. The summed E-state index contributed by atoms with van der Waals surface area (Å²) in [5.74, 6) is 0.150. The molecule has 0 bridgehead atoms. The maximum absolute atomic E-state index is 13.0. The number of ether oxygens (including phenoxy) is 1. The van der Waals surface area contributed by atoms with Gasteiger partial charge in [-0.1, -0.05) is 18.2 Å². The quantitative estimate of drug-likeness (QED) is 0.512. The second-order valence-corrected chi connectivity index (χ2v) is 7.48. The van der Waals surface area contributed by atoms with Crippen LogP contribution in [0.25, 0.3) is 10.8 Å². The Morgan fingerprint density at radius 1 is 1.03 bits per heavy atom. The molecular formula is C25H20F3N3O3. The molecule has 0 aromatic heterocycles. The van der Waals surface area contributed by atoms with Gasteiger partial charge in [0.25, 0.3) is 5.91 Å². The van der Waals surface area contributed by atoms with E-state index in [1.54, 1.807) is 55.7 Å². The van der Waals surface area contributed by atoms with Crippen LogP contribution in [0.1, 0.15) is 15.9 Å². The van der Waals surface area contributed by atoms with Gasteiger partial charge in [-0.3, -0.25) is 9.59 Å². The minimum Gasteiger partial charge on any atom is -0.458 e. The fourth-order valence-corrected chi connectivity index (χ4v) is 3.48. The lowest BCUT2D eigenvalue weighted by Crippen LogP contribution is -2.40. The highest BCUT2D eigenvalue weighted by Crippen LogP contribution is 2.31. The van der Waals surface area contributed by atoms with E-state index in [9.17, 15) is 22.8 Å². The first-order chi connectivity index (χ1) is 16.2. The first-order valence-corrected chi connectivity index (χ1v) is 10.3. The van der Waals surface area contributed by atoms with Crippen LogP contribution in [0.3, 0.4) is 0 Å². The predicted molar refractivity (Wildman–Crippen MR) is 122 cm³/mol. The summed E-state index contributed by atoms with van der Waals surface area (Å²) in [6.07, 6.45) is 0.424. The Morgan fingerprint density at radius 2 is 1.82 bits per heavy atom. The Balaban J connectivity index is 1.55. The van der Waals surface area contributed by atoms with Crippen LogP contribution in [0.2, 0.25) is 0 Å². The van der Waals surface area contributed by atoms with Crippen LogP contribution in [0, 0.1) is 0 Å². The molecule has 1 heterocycles. The number of anilines is 1. The SMILES string of the molecule is CNC(=O)C1C=C(Oc2ccc3c(NC(=O)c4cccc(C(F)(F)F)c4)cccc3c2)C=CN1. The van der Waals surface area contributed by atoms with Gasteiger partial charge in [0.2, 0.25) is 5.91 Å². The van der Waals surface area contributed by atoms with Crippen LogP contribution in [0.15, 0.2) is 84.8 Å². The van der Waals surface area contributed by atoms with Crippen molar-refractivity contribution in [3.8, 4) is 5.75 Å². The van der Waals surface area contributed by atoms with Crippen LogP contribution in [0.5, 0.6) is 5.75 Å². The number of benzene rings is 3. The van der Waals surface area contributed by atoms with Gasteiger partial charge in [-0.25, -0.2) is 0 Å². The lowest BCUT2D eigenvalue weighted by molar-refractivity contribution is -0.137. The molecule has 0 saturated heterocycles. The highest BCUT2D eigenvalue weighted by atomic mass is 19.4. The number of hydrogen-bond donors (Lipinski definition) is 3. The zero-order chi connectivity index (χ0) is 24.3. The first kappa shape index (κ1) is 22.9. The summed E-state index contributed by atoms with van der Waals surface area (Å²) in [7, 11) is 1.55. The number of rotatable bonds is 5. The molecule has 0 spiro atoms. The number of hydrogen-bond acceptors (Lipinski definition) is 4. The van der Waals surface area contributed by atoms with E-state index in [4.69, 9.17) is 4.74 Å². The molecule has 3 aromatic carbocycles. The molecule has 9 heteroatoms. The normalized spacial score (nSPS) is 15.3. The number of halogens is 3. The van der Waals surface area contributed by atoms with E-state index in [-0.39, 0.29) is 11.5 Å². The first-order valence-electron chi connectivity index (χ1n) is 10.3. The van der Waals surface area contributed by atoms with Gasteiger partial charge in [0.05, 0.1) is 5.56 Å². The average Bonchev–Trinajstić information content (AvgIpc) is 2.83. The Labute approximate surface area is 193 Å². The number of carbonyl (C=O) groups excluding carboxylic acids is 2. The van der Waals surface area contributed by atoms with Gasteiger partial charge in [-0.05, 0) is 60.0 Å². The van der Waals surface area contributed by atoms with Gasteiger partial charge in [0.1, 0.15) is 17.6 Å². The highest BCUT2D eigenvalue weighted by Gasteiger charge is 2.31. The maximum Gasteiger partial charge on any atom is 0.416 e. The fraction of sp³-hybridized carbons (Fsp3) is 0.120. The van der Waals surface area contributed by atoms with Crippen molar-refractivity contribution >= 4 is 28.3 Å². The molecule has 2 amide bonds. The average molecular weight is 467 g/mol. The van der Waals surface area contributed by atoms with Crippen LogP contribution >= 0.6 is 0 Å². The summed E-state index contributed by atoms with van der Waals surface area (Å²) in [5, 5.41) is 9.60. The van der Waals surface area contributed by atoms with Gasteiger partial charge in [-0.15, -0.1) is 0 Å². The van der Waals surface area contributed by atoms with E-state index in [0.29, 0.717) is 22.6 Å². The largest absolute Gasteiger partial charge is 0.458 e. The molecule has 6 nitrogen and oxygen atoms in total. The molecule has 1 atom stereocenters. The molecule has 3 N–H and O–H groups in total. The smallest absolute Gasteiger partial charge is 0.416 e. The van der Waals surface area contributed by atoms with E-state index in [1.807, 2.05) is 6.07 Å². The van der Waals surface area contributed by atoms with E-state index in [2.05, 4.69) is 16.0 Å². The number of allylic oxidation sites excluding steroid dienone is 1. The van der Waals surface area contributed by atoms with Crippen LogP contribution in [-0.2, 0) is 11.0 Å². The maximum atomic E-state index is 13.0. The zero-order valence-electron chi connectivity index (χ0n) is 17.9. The number of alkyl halides is 3. The summed E-state index contributed by atoms with van der Waals surface area (Å²) in [5.41, 5.74) is -0.533. The van der Waals surface area contributed by atoms with Crippen LogP contribution in [0.4, 0.5) is 18.9 Å². The Hall–Kier alpha value is -4.27. The highest BCUT2D eigenvalue weighted by molar-refractivity contribution is 6.09. The fourth-order valence-electron chi connectivity index (χ4n) is 3.48. The minimum atomic E-state index is -4.54. The third kappa shape index (κ3) is 5.03. The molecule has 174 valence electrons. The molecule has 1 aliphatic rings. The number of likely N-dealkylation sites (N-methyl/N-ethyl adjacent to an activating group) is 1. The van der Waals surface area contributed by atoms with Crippen LogP contribution < -0.4 is 20.7 Å². The predicted octanol–water partition coefficient (Wildman–Crippen LogP) is 4.61. The van der Waals surface area contributed by atoms with Crippen molar-refractivity contribution in [2.24, 2.45) is 0 Å². The molecule has 1 unspecified atom stereocenters. The van der Waals surface area contributed by atoms with E-state index >= 15 is 0 Å². The van der Waals surface area contributed by atoms with Crippen LogP contribution in [-0.4, -0.2) is 24.9 Å². The molecule has 4 rings (SSSR count). The van der Waals surface area contributed by atoms with Crippen molar-refractivity contribution < 1.29 is 27.5 Å².